The Hall–Kier alpha value is -1.40. The number of carbonyl (C=O) groups is 2. The summed E-state index contributed by atoms with van der Waals surface area (Å²) >= 11 is 0. The third kappa shape index (κ3) is 3.82. The zero-order valence-corrected chi connectivity index (χ0v) is 11.5. The van der Waals surface area contributed by atoms with Crippen LogP contribution in [-0.2, 0) is 19.4 Å². The van der Waals surface area contributed by atoms with Crippen LogP contribution in [0.2, 0.25) is 0 Å². The minimum absolute atomic E-state index is 0.0449. The molecule has 0 aliphatic carbocycles. The van der Waals surface area contributed by atoms with Crippen LogP contribution >= 0.6 is 0 Å². The van der Waals surface area contributed by atoms with E-state index in [1.54, 1.807) is 41.5 Å². The molecular weight excluding hydrogens is 240 g/mol. The minimum atomic E-state index is -1.04. The van der Waals surface area contributed by atoms with Gasteiger partial charge in [0.25, 0.3) is 0 Å². The first kappa shape index (κ1) is 16.6. The lowest BCUT2D eigenvalue weighted by Gasteiger charge is -2.29. The SMILES string of the molecule is CC(C)(C)C(C(=O)OO)=C(C(=O)OO)C(C)(C)C. The molecule has 6 heteroatoms. The lowest BCUT2D eigenvalue weighted by Crippen LogP contribution is -2.30. The summed E-state index contributed by atoms with van der Waals surface area (Å²) in [6.07, 6.45) is 0. The van der Waals surface area contributed by atoms with Gasteiger partial charge in [-0.2, -0.15) is 10.5 Å². The number of hydrogen-bond acceptors (Lipinski definition) is 6. The molecule has 0 aromatic rings. The number of hydrogen-bond donors (Lipinski definition) is 2. The molecular formula is C12H20O6. The molecule has 0 heterocycles. The molecule has 0 aliphatic rings. The van der Waals surface area contributed by atoms with Crippen LogP contribution in [0.15, 0.2) is 11.1 Å². The molecule has 18 heavy (non-hydrogen) atoms. The van der Waals surface area contributed by atoms with Crippen LogP contribution < -0.4 is 0 Å². The van der Waals surface area contributed by atoms with E-state index in [1.807, 2.05) is 0 Å². The quantitative estimate of drug-likeness (QED) is 0.450. The van der Waals surface area contributed by atoms with Crippen molar-refractivity contribution in [2.45, 2.75) is 41.5 Å². The Morgan fingerprint density at radius 2 is 0.944 bits per heavy atom. The maximum Gasteiger partial charge on any atom is 0.369 e. The van der Waals surface area contributed by atoms with E-state index in [9.17, 15) is 9.59 Å². The maximum atomic E-state index is 11.6. The van der Waals surface area contributed by atoms with Gasteiger partial charge in [-0.1, -0.05) is 41.5 Å². The van der Waals surface area contributed by atoms with Gasteiger partial charge in [0, 0.05) is 0 Å². The first-order chi connectivity index (χ1) is 7.96. The molecule has 0 fully saturated rings. The van der Waals surface area contributed by atoms with Crippen molar-refractivity contribution in [2.75, 3.05) is 0 Å². The van der Waals surface area contributed by atoms with Crippen molar-refractivity contribution in [3.8, 4) is 0 Å². The highest BCUT2D eigenvalue weighted by molar-refractivity contribution is 6.01. The Morgan fingerprint density at radius 3 is 1.06 bits per heavy atom. The number of rotatable bonds is 2. The fourth-order valence-electron chi connectivity index (χ4n) is 1.66. The fourth-order valence-corrected chi connectivity index (χ4v) is 1.66. The molecule has 0 aromatic carbocycles. The van der Waals surface area contributed by atoms with Crippen molar-refractivity contribution in [2.24, 2.45) is 10.8 Å². The highest BCUT2D eigenvalue weighted by Gasteiger charge is 2.38. The molecule has 0 atom stereocenters. The first-order valence-electron chi connectivity index (χ1n) is 5.43. The Morgan fingerprint density at radius 1 is 0.722 bits per heavy atom. The molecule has 2 N–H and O–H groups in total. The summed E-state index contributed by atoms with van der Waals surface area (Å²) in [6, 6.07) is 0. The van der Waals surface area contributed by atoms with Crippen molar-refractivity contribution in [3.05, 3.63) is 11.1 Å². The van der Waals surface area contributed by atoms with E-state index >= 15 is 0 Å². The monoisotopic (exact) mass is 260 g/mol. The lowest BCUT2D eigenvalue weighted by atomic mass is 9.75. The van der Waals surface area contributed by atoms with Gasteiger partial charge in [0.2, 0.25) is 0 Å². The molecule has 0 aliphatic heterocycles. The third-order valence-corrected chi connectivity index (χ3v) is 2.32. The molecule has 6 nitrogen and oxygen atoms in total. The lowest BCUT2D eigenvalue weighted by molar-refractivity contribution is -0.233. The second kappa shape index (κ2) is 5.49. The standard InChI is InChI=1S/C12H20O6/c1-11(2,3)7(9(13)17-15)8(10(14)18-16)12(4,5)6/h15-16H,1-6H3. The molecule has 0 saturated heterocycles. The molecule has 0 spiro atoms. The van der Waals surface area contributed by atoms with E-state index in [4.69, 9.17) is 10.5 Å². The molecule has 0 radical (unpaired) electrons. The molecule has 0 saturated carbocycles. The summed E-state index contributed by atoms with van der Waals surface area (Å²) in [5.41, 5.74) is -1.62. The zero-order valence-electron chi connectivity index (χ0n) is 11.5. The Balaban J connectivity index is 6.21. The van der Waals surface area contributed by atoms with Gasteiger partial charge in [-0.3, -0.25) is 9.78 Å². The first-order valence-corrected chi connectivity index (χ1v) is 5.43. The van der Waals surface area contributed by atoms with Crippen LogP contribution in [0, 0.1) is 10.8 Å². The normalized spacial score (nSPS) is 13.8. The van der Waals surface area contributed by atoms with E-state index in [0.29, 0.717) is 0 Å². The Labute approximate surface area is 106 Å². The van der Waals surface area contributed by atoms with Gasteiger partial charge in [0.05, 0.1) is 11.1 Å². The summed E-state index contributed by atoms with van der Waals surface area (Å²) in [4.78, 5) is 30.7. The van der Waals surface area contributed by atoms with E-state index < -0.39 is 22.8 Å². The molecule has 0 rings (SSSR count). The number of carbonyl (C=O) groups excluding carboxylic acids is 2. The van der Waals surface area contributed by atoms with Crippen molar-refractivity contribution < 1.29 is 29.9 Å². The van der Waals surface area contributed by atoms with Crippen molar-refractivity contribution in [3.63, 3.8) is 0 Å². The average molecular weight is 260 g/mol. The summed E-state index contributed by atoms with van der Waals surface area (Å²) in [5.74, 6) is -2.09. The average Bonchev–Trinajstić information content (AvgIpc) is 2.20. The minimum Gasteiger partial charge on any atom is -0.296 e. The fraction of sp³-hybridized carbons (Fsp3) is 0.667. The van der Waals surface area contributed by atoms with Gasteiger partial charge < -0.3 is 0 Å². The second-order valence-electron chi connectivity index (χ2n) is 6.01. The van der Waals surface area contributed by atoms with Crippen LogP contribution in [0.1, 0.15) is 41.5 Å². The summed E-state index contributed by atoms with van der Waals surface area (Å²) in [5, 5.41) is 17.1. The molecule has 0 bridgehead atoms. The van der Waals surface area contributed by atoms with Crippen molar-refractivity contribution in [1.29, 1.82) is 0 Å². The van der Waals surface area contributed by atoms with Crippen LogP contribution in [0.25, 0.3) is 0 Å². The highest BCUT2D eigenvalue weighted by atomic mass is 17.1. The molecule has 104 valence electrons. The third-order valence-electron chi connectivity index (χ3n) is 2.32. The van der Waals surface area contributed by atoms with Crippen molar-refractivity contribution in [1.82, 2.24) is 0 Å². The van der Waals surface area contributed by atoms with Gasteiger partial charge in [0.1, 0.15) is 0 Å². The van der Waals surface area contributed by atoms with Gasteiger partial charge in [-0.15, -0.1) is 0 Å². The summed E-state index contributed by atoms with van der Waals surface area (Å²) < 4.78 is 0. The molecule has 0 unspecified atom stereocenters. The largest absolute Gasteiger partial charge is 0.369 e. The highest BCUT2D eigenvalue weighted by Crippen LogP contribution is 2.37. The maximum absolute atomic E-state index is 11.6. The zero-order chi connectivity index (χ0) is 14.7. The Bertz CT molecular complexity index is 331. The van der Waals surface area contributed by atoms with Crippen LogP contribution in [-0.4, -0.2) is 22.5 Å². The van der Waals surface area contributed by atoms with Crippen LogP contribution in [0.4, 0.5) is 0 Å². The summed E-state index contributed by atoms with van der Waals surface area (Å²) in [7, 11) is 0. The van der Waals surface area contributed by atoms with Crippen LogP contribution in [0.3, 0.4) is 0 Å². The second-order valence-corrected chi connectivity index (χ2v) is 6.01. The van der Waals surface area contributed by atoms with E-state index in [-0.39, 0.29) is 11.1 Å². The van der Waals surface area contributed by atoms with Gasteiger partial charge >= 0.3 is 11.9 Å². The van der Waals surface area contributed by atoms with E-state index in [2.05, 4.69) is 9.78 Å². The molecule has 0 amide bonds. The summed E-state index contributed by atoms with van der Waals surface area (Å²) in [6.45, 7) is 10.1. The predicted molar refractivity (Wildman–Crippen MR) is 63.4 cm³/mol. The van der Waals surface area contributed by atoms with Gasteiger partial charge in [0.15, 0.2) is 0 Å². The topological polar surface area (TPSA) is 93.1 Å². The van der Waals surface area contributed by atoms with E-state index in [1.165, 1.54) is 0 Å². The molecule has 0 aromatic heterocycles. The van der Waals surface area contributed by atoms with Crippen molar-refractivity contribution >= 4 is 11.9 Å². The predicted octanol–water partition coefficient (Wildman–Crippen LogP) is 2.41. The Kier molecular flexibility index (Phi) is 5.07. The van der Waals surface area contributed by atoms with Gasteiger partial charge in [-0.05, 0) is 10.8 Å². The van der Waals surface area contributed by atoms with Crippen LogP contribution in [0.5, 0.6) is 0 Å². The smallest absolute Gasteiger partial charge is 0.296 e. The van der Waals surface area contributed by atoms with E-state index in [0.717, 1.165) is 0 Å². The van der Waals surface area contributed by atoms with Gasteiger partial charge in [-0.25, -0.2) is 9.59 Å².